The lowest BCUT2D eigenvalue weighted by atomic mass is 10.1. The quantitative estimate of drug-likeness (QED) is 0.840. The number of nitriles is 1. The molecule has 0 saturated heterocycles. The van der Waals surface area contributed by atoms with E-state index in [-0.39, 0.29) is 0 Å². The van der Waals surface area contributed by atoms with Crippen LogP contribution >= 0.6 is 27.3 Å². The first-order chi connectivity index (χ1) is 9.19. The summed E-state index contributed by atoms with van der Waals surface area (Å²) in [5.74, 6) is 0.902. The predicted octanol–water partition coefficient (Wildman–Crippen LogP) is 4.21. The van der Waals surface area contributed by atoms with E-state index < -0.39 is 0 Å². The Balaban J connectivity index is 2.42. The molecule has 0 bridgehead atoms. The number of thiazole rings is 1. The minimum absolute atomic E-state index is 0.384. The van der Waals surface area contributed by atoms with Crippen LogP contribution in [0.3, 0.4) is 0 Å². The third kappa shape index (κ3) is 2.96. The molecule has 1 aromatic carbocycles. The lowest BCUT2D eigenvalue weighted by Gasteiger charge is -2.07. The topological polar surface area (TPSA) is 45.9 Å². The lowest BCUT2D eigenvalue weighted by molar-refractivity contribution is 0.410. The monoisotopic (exact) mass is 336 g/mol. The van der Waals surface area contributed by atoms with Crippen molar-refractivity contribution in [2.24, 2.45) is 0 Å². The molecule has 0 aliphatic carbocycles. The highest BCUT2D eigenvalue weighted by molar-refractivity contribution is 9.10. The number of halogens is 1. The zero-order chi connectivity index (χ0) is 13.8. The molecule has 0 saturated carbocycles. The van der Waals surface area contributed by atoms with Gasteiger partial charge in [0.1, 0.15) is 15.4 Å². The summed E-state index contributed by atoms with van der Waals surface area (Å²) in [5.41, 5.74) is 2.22. The second kappa shape index (κ2) is 6.18. The Kier molecular flexibility index (Phi) is 4.56. The van der Waals surface area contributed by atoms with Gasteiger partial charge in [-0.1, -0.05) is 6.92 Å². The van der Waals surface area contributed by atoms with Crippen molar-refractivity contribution < 1.29 is 4.74 Å². The van der Waals surface area contributed by atoms with E-state index in [0.717, 1.165) is 37.8 Å². The smallest absolute Gasteiger partial charge is 0.124 e. The number of aromatic nitrogens is 1. The largest absolute Gasteiger partial charge is 0.496 e. The van der Waals surface area contributed by atoms with Crippen molar-refractivity contribution in [3.8, 4) is 22.4 Å². The molecule has 0 amide bonds. The first-order valence-corrected chi connectivity index (χ1v) is 7.50. The van der Waals surface area contributed by atoms with Crippen LogP contribution in [0.15, 0.2) is 22.8 Å². The van der Waals surface area contributed by atoms with Gasteiger partial charge in [-0.3, -0.25) is 0 Å². The molecular formula is C14H13BrN2OS. The summed E-state index contributed by atoms with van der Waals surface area (Å²) in [6.45, 7) is 2.10. The van der Waals surface area contributed by atoms with E-state index in [4.69, 9.17) is 10.00 Å². The maximum atomic E-state index is 8.77. The highest BCUT2D eigenvalue weighted by atomic mass is 79.9. The number of methoxy groups -OCH3 is 1. The Labute approximate surface area is 125 Å². The van der Waals surface area contributed by atoms with Gasteiger partial charge in [0.2, 0.25) is 0 Å². The van der Waals surface area contributed by atoms with Crippen LogP contribution in [0.25, 0.3) is 10.6 Å². The van der Waals surface area contributed by atoms with Crippen LogP contribution < -0.4 is 4.74 Å². The Morgan fingerprint density at radius 2 is 2.26 bits per heavy atom. The van der Waals surface area contributed by atoms with E-state index in [1.807, 2.05) is 12.1 Å². The van der Waals surface area contributed by atoms with E-state index in [1.165, 1.54) is 0 Å². The van der Waals surface area contributed by atoms with Crippen LogP contribution in [0.4, 0.5) is 0 Å². The zero-order valence-electron chi connectivity index (χ0n) is 10.7. The van der Waals surface area contributed by atoms with Gasteiger partial charge in [0.05, 0.1) is 24.5 Å². The summed E-state index contributed by atoms with van der Waals surface area (Å²) in [6.07, 6.45) is 1.30. The highest BCUT2D eigenvalue weighted by Gasteiger charge is 2.12. The van der Waals surface area contributed by atoms with Gasteiger partial charge < -0.3 is 4.74 Å². The number of benzene rings is 1. The van der Waals surface area contributed by atoms with E-state index in [1.54, 1.807) is 18.4 Å². The average Bonchev–Trinajstić information content (AvgIpc) is 2.80. The summed E-state index contributed by atoms with van der Waals surface area (Å²) in [5, 5.41) is 9.69. The van der Waals surface area contributed by atoms with Gasteiger partial charge in [-0.15, -0.1) is 11.3 Å². The fraction of sp³-hybridized carbons (Fsp3) is 0.286. The second-order valence-corrected chi connectivity index (χ2v) is 5.78. The molecule has 0 aliphatic rings. The van der Waals surface area contributed by atoms with Crippen LogP contribution in [-0.4, -0.2) is 12.1 Å². The normalized spacial score (nSPS) is 10.2. The molecule has 2 rings (SSSR count). The van der Waals surface area contributed by atoms with Crippen molar-refractivity contribution in [2.45, 2.75) is 19.8 Å². The zero-order valence-corrected chi connectivity index (χ0v) is 13.1. The maximum Gasteiger partial charge on any atom is 0.124 e. The number of nitrogens with zero attached hydrogens (tertiary/aromatic N) is 2. The average molecular weight is 337 g/mol. The SMILES string of the molecule is CCc1cc(-c2nc(Br)c(CC#N)s2)ccc1OC. The van der Waals surface area contributed by atoms with Gasteiger partial charge in [0.25, 0.3) is 0 Å². The molecule has 0 unspecified atom stereocenters. The molecular weight excluding hydrogens is 324 g/mol. The molecule has 0 radical (unpaired) electrons. The number of aryl methyl sites for hydroxylation is 1. The standard InChI is InChI=1S/C14H13BrN2OS/c1-3-9-8-10(4-5-11(9)18-2)14-17-13(15)12(19-14)6-7-16/h4-5,8H,3,6H2,1-2H3. The summed E-state index contributed by atoms with van der Waals surface area (Å²) >= 11 is 4.95. The number of hydrogen-bond acceptors (Lipinski definition) is 4. The summed E-state index contributed by atoms with van der Waals surface area (Å²) in [4.78, 5) is 5.44. The van der Waals surface area contributed by atoms with Gasteiger partial charge in [0, 0.05) is 5.56 Å². The second-order valence-electron chi connectivity index (χ2n) is 3.95. The summed E-state index contributed by atoms with van der Waals surface area (Å²) < 4.78 is 6.09. The van der Waals surface area contributed by atoms with Gasteiger partial charge >= 0.3 is 0 Å². The van der Waals surface area contributed by atoms with Crippen LogP contribution in [0.5, 0.6) is 5.75 Å². The van der Waals surface area contributed by atoms with Crippen molar-refractivity contribution in [1.82, 2.24) is 4.98 Å². The van der Waals surface area contributed by atoms with Gasteiger partial charge in [-0.05, 0) is 46.1 Å². The number of rotatable bonds is 4. The van der Waals surface area contributed by atoms with E-state index in [9.17, 15) is 0 Å². The van der Waals surface area contributed by atoms with Gasteiger partial charge in [-0.25, -0.2) is 4.98 Å². The molecule has 5 heteroatoms. The predicted molar refractivity (Wildman–Crippen MR) is 80.5 cm³/mol. The Morgan fingerprint density at radius 3 is 2.89 bits per heavy atom. The molecule has 2 aromatic rings. The fourth-order valence-corrected chi connectivity index (χ4v) is 3.38. The van der Waals surface area contributed by atoms with Crippen molar-refractivity contribution in [3.63, 3.8) is 0 Å². The molecule has 0 spiro atoms. The van der Waals surface area contributed by atoms with Crippen molar-refractivity contribution in [2.75, 3.05) is 7.11 Å². The Morgan fingerprint density at radius 1 is 1.47 bits per heavy atom. The van der Waals surface area contributed by atoms with Crippen LogP contribution in [0.2, 0.25) is 0 Å². The minimum Gasteiger partial charge on any atom is -0.496 e. The molecule has 0 atom stereocenters. The van der Waals surface area contributed by atoms with E-state index in [0.29, 0.717) is 6.42 Å². The molecule has 1 heterocycles. The Bertz CT molecular complexity index is 631. The fourth-order valence-electron chi connectivity index (χ4n) is 1.83. The summed E-state index contributed by atoms with van der Waals surface area (Å²) in [6, 6.07) is 8.21. The van der Waals surface area contributed by atoms with Crippen LogP contribution in [0.1, 0.15) is 17.4 Å². The molecule has 0 fully saturated rings. The molecule has 1 aromatic heterocycles. The third-order valence-electron chi connectivity index (χ3n) is 2.80. The molecule has 98 valence electrons. The summed E-state index contributed by atoms with van der Waals surface area (Å²) in [7, 11) is 1.68. The van der Waals surface area contributed by atoms with Gasteiger partial charge in [-0.2, -0.15) is 5.26 Å². The van der Waals surface area contributed by atoms with E-state index in [2.05, 4.69) is 40.0 Å². The Hall–Kier alpha value is -1.38. The van der Waals surface area contributed by atoms with Crippen LogP contribution in [-0.2, 0) is 12.8 Å². The van der Waals surface area contributed by atoms with Crippen molar-refractivity contribution >= 4 is 27.3 Å². The molecule has 0 N–H and O–H groups in total. The first-order valence-electron chi connectivity index (χ1n) is 5.89. The molecule has 19 heavy (non-hydrogen) atoms. The number of ether oxygens (including phenoxy) is 1. The molecule has 3 nitrogen and oxygen atoms in total. The third-order valence-corrected chi connectivity index (χ3v) is 4.82. The number of hydrogen-bond donors (Lipinski definition) is 0. The maximum absolute atomic E-state index is 8.77. The first kappa shape index (κ1) is 14.0. The highest BCUT2D eigenvalue weighted by Crippen LogP contribution is 2.33. The van der Waals surface area contributed by atoms with Gasteiger partial charge in [0.15, 0.2) is 0 Å². The molecule has 0 aliphatic heterocycles. The lowest BCUT2D eigenvalue weighted by Crippen LogP contribution is -1.90. The minimum atomic E-state index is 0.384. The van der Waals surface area contributed by atoms with Crippen LogP contribution in [0, 0.1) is 11.3 Å². The van der Waals surface area contributed by atoms with E-state index >= 15 is 0 Å². The van der Waals surface area contributed by atoms with Crippen molar-refractivity contribution in [1.29, 1.82) is 5.26 Å². The van der Waals surface area contributed by atoms with Crippen molar-refractivity contribution in [3.05, 3.63) is 33.2 Å².